The van der Waals surface area contributed by atoms with Gasteiger partial charge in [0.1, 0.15) is 0 Å². The van der Waals surface area contributed by atoms with Crippen molar-refractivity contribution in [3.05, 3.63) is 12.7 Å². The van der Waals surface area contributed by atoms with E-state index in [2.05, 4.69) is 11.9 Å². The van der Waals surface area contributed by atoms with E-state index < -0.39 is 10.1 Å². The maximum absolute atomic E-state index is 10.4. The van der Waals surface area contributed by atoms with E-state index in [9.17, 15) is 8.42 Å². The van der Waals surface area contributed by atoms with Crippen LogP contribution in [0.5, 0.6) is 0 Å². The topological polar surface area (TPSA) is 66.4 Å². The van der Waals surface area contributed by atoms with Crippen molar-refractivity contribution in [1.82, 2.24) is 5.32 Å². The van der Waals surface area contributed by atoms with Gasteiger partial charge >= 0.3 is 29.6 Å². The molecule has 1 unspecified atom stereocenters. The molecule has 0 amide bonds. The van der Waals surface area contributed by atoms with Crippen LogP contribution in [0.4, 0.5) is 0 Å². The van der Waals surface area contributed by atoms with Gasteiger partial charge in [-0.15, -0.1) is 6.58 Å². The Morgan fingerprint density at radius 2 is 2.15 bits per heavy atom. The molecule has 2 N–H and O–H groups in total. The summed E-state index contributed by atoms with van der Waals surface area (Å²) in [6.07, 6.45) is 1.69. The van der Waals surface area contributed by atoms with Gasteiger partial charge in [-0.1, -0.05) is 13.0 Å². The molecular formula is C7H16NNaO3S. The van der Waals surface area contributed by atoms with Gasteiger partial charge in [0, 0.05) is 6.54 Å². The zero-order chi connectivity index (χ0) is 9.61. The van der Waals surface area contributed by atoms with E-state index in [0.29, 0.717) is 13.1 Å². The summed E-state index contributed by atoms with van der Waals surface area (Å²) in [6.45, 7) is 6.47. The molecule has 1 atom stereocenters. The molecule has 0 aromatic heterocycles. The summed E-state index contributed by atoms with van der Waals surface area (Å²) >= 11 is 0. The second kappa shape index (κ2) is 7.96. The first-order chi connectivity index (χ1) is 5.45. The molecule has 0 saturated heterocycles. The number of rotatable bonds is 6. The van der Waals surface area contributed by atoms with Crippen LogP contribution in [-0.2, 0) is 10.1 Å². The zero-order valence-electron chi connectivity index (χ0n) is 7.16. The Morgan fingerprint density at radius 1 is 1.62 bits per heavy atom. The summed E-state index contributed by atoms with van der Waals surface area (Å²) in [5, 5.41) is 2.96. The van der Waals surface area contributed by atoms with E-state index in [4.69, 9.17) is 4.55 Å². The van der Waals surface area contributed by atoms with E-state index in [1.807, 2.05) is 0 Å². The third-order valence-corrected chi connectivity index (χ3v) is 2.27. The molecule has 0 rings (SSSR count). The Hall–Kier alpha value is 0.610. The van der Waals surface area contributed by atoms with Crippen molar-refractivity contribution >= 4 is 39.7 Å². The fourth-order valence-corrected chi connectivity index (χ4v) is 1.69. The van der Waals surface area contributed by atoms with Gasteiger partial charge in [-0.05, 0) is 12.5 Å². The molecule has 13 heavy (non-hydrogen) atoms. The third-order valence-electron chi connectivity index (χ3n) is 1.28. The van der Waals surface area contributed by atoms with E-state index in [1.54, 1.807) is 13.0 Å². The molecule has 0 fully saturated rings. The maximum atomic E-state index is 10.4. The first-order valence-corrected chi connectivity index (χ1v) is 5.33. The van der Waals surface area contributed by atoms with Crippen molar-refractivity contribution in [2.45, 2.75) is 6.92 Å². The fourth-order valence-electron chi connectivity index (χ4n) is 0.850. The van der Waals surface area contributed by atoms with Crippen LogP contribution in [0.3, 0.4) is 0 Å². The molecule has 74 valence electrons. The molecule has 4 nitrogen and oxygen atoms in total. The summed E-state index contributed by atoms with van der Waals surface area (Å²) in [7, 11) is -3.83. The number of nitrogens with one attached hydrogen (secondary N) is 1. The predicted octanol–water partition coefficient (Wildman–Crippen LogP) is -0.363. The Labute approximate surface area is 102 Å². The van der Waals surface area contributed by atoms with Crippen molar-refractivity contribution in [2.75, 3.05) is 18.8 Å². The third kappa shape index (κ3) is 12.6. The molecule has 0 saturated carbocycles. The first kappa shape index (κ1) is 16.1. The Kier molecular flexibility index (Phi) is 9.83. The van der Waals surface area contributed by atoms with E-state index in [0.717, 1.165) is 0 Å². The molecule has 6 heteroatoms. The fraction of sp³-hybridized carbons (Fsp3) is 0.714. The van der Waals surface area contributed by atoms with E-state index in [1.165, 1.54) is 0 Å². The van der Waals surface area contributed by atoms with Gasteiger partial charge in [-0.25, -0.2) is 0 Å². The summed E-state index contributed by atoms with van der Waals surface area (Å²) in [5.41, 5.74) is 0. The quantitative estimate of drug-likeness (QED) is 0.276. The molecular weight excluding hydrogens is 201 g/mol. The molecule has 0 aliphatic rings. The second-order valence-electron chi connectivity index (χ2n) is 2.80. The van der Waals surface area contributed by atoms with Crippen molar-refractivity contribution in [1.29, 1.82) is 0 Å². The molecule has 0 bridgehead atoms. The minimum atomic E-state index is -3.83. The van der Waals surface area contributed by atoms with Crippen LogP contribution in [-0.4, -0.2) is 61.4 Å². The summed E-state index contributed by atoms with van der Waals surface area (Å²) in [5.74, 6) is -0.281. The Bertz CT molecular complexity index is 228. The van der Waals surface area contributed by atoms with Crippen LogP contribution in [0.15, 0.2) is 12.7 Å². The molecule has 0 aliphatic heterocycles. The van der Waals surface area contributed by atoms with Gasteiger partial charge in [-0.2, -0.15) is 8.42 Å². The molecule has 0 aromatic carbocycles. The van der Waals surface area contributed by atoms with Crippen LogP contribution < -0.4 is 5.32 Å². The SMILES string of the molecule is C=CCNCC(C)CS(=O)(=O)O.[NaH]. The van der Waals surface area contributed by atoms with Gasteiger partial charge in [0.05, 0.1) is 5.75 Å². The molecule has 0 heterocycles. The van der Waals surface area contributed by atoms with Crippen LogP contribution in [0.1, 0.15) is 6.92 Å². The number of hydrogen-bond acceptors (Lipinski definition) is 3. The van der Waals surface area contributed by atoms with Gasteiger partial charge in [0.25, 0.3) is 10.1 Å². The summed E-state index contributed by atoms with van der Waals surface area (Å²) in [4.78, 5) is 0. The first-order valence-electron chi connectivity index (χ1n) is 3.72. The second-order valence-corrected chi connectivity index (χ2v) is 4.30. The van der Waals surface area contributed by atoms with Crippen molar-refractivity contribution in [3.63, 3.8) is 0 Å². The van der Waals surface area contributed by atoms with Gasteiger partial charge in [-0.3, -0.25) is 4.55 Å². The van der Waals surface area contributed by atoms with Crippen LogP contribution in [0.25, 0.3) is 0 Å². The molecule has 0 spiro atoms. The Balaban J connectivity index is 0. The molecule has 0 radical (unpaired) electrons. The standard InChI is InChI=1S/C7H15NO3S.Na.H/c1-3-4-8-5-7(2)6-12(9,10)11;;/h3,7-8H,1,4-6H2,2H3,(H,9,10,11);;. The molecule has 0 aliphatic carbocycles. The van der Waals surface area contributed by atoms with Gasteiger partial charge in [0.15, 0.2) is 0 Å². The van der Waals surface area contributed by atoms with E-state index >= 15 is 0 Å². The van der Waals surface area contributed by atoms with Crippen LogP contribution in [0, 0.1) is 5.92 Å². The monoisotopic (exact) mass is 217 g/mol. The summed E-state index contributed by atoms with van der Waals surface area (Å²) in [6, 6.07) is 0. The van der Waals surface area contributed by atoms with Gasteiger partial charge < -0.3 is 5.32 Å². The van der Waals surface area contributed by atoms with Crippen LogP contribution in [0.2, 0.25) is 0 Å². The summed E-state index contributed by atoms with van der Waals surface area (Å²) < 4.78 is 29.2. The average Bonchev–Trinajstić information content (AvgIpc) is 1.84. The van der Waals surface area contributed by atoms with Crippen molar-refractivity contribution in [3.8, 4) is 0 Å². The van der Waals surface area contributed by atoms with Gasteiger partial charge in [0.2, 0.25) is 0 Å². The normalized spacial score (nSPS) is 13.1. The van der Waals surface area contributed by atoms with Crippen molar-refractivity contribution in [2.24, 2.45) is 5.92 Å². The minimum absolute atomic E-state index is 0. The zero-order valence-corrected chi connectivity index (χ0v) is 7.97. The Morgan fingerprint density at radius 3 is 2.54 bits per heavy atom. The van der Waals surface area contributed by atoms with Crippen molar-refractivity contribution < 1.29 is 13.0 Å². The van der Waals surface area contributed by atoms with Crippen LogP contribution >= 0.6 is 0 Å². The number of hydrogen-bond donors (Lipinski definition) is 2. The average molecular weight is 217 g/mol. The van der Waals surface area contributed by atoms with E-state index in [-0.39, 0.29) is 41.2 Å². The molecule has 0 aromatic rings. The predicted molar refractivity (Wildman–Crippen MR) is 55.8 cm³/mol.